The van der Waals surface area contributed by atoms with Crippen molar-refractivity contribution in [2.24, 2.45) is 0 Å². The van der Waals surface area contributed by atoms with E-state index in [0.717, 1.165) is 53.9 Å². The van der Waals surface area contributed by atoms with Crippen molar-refractivity contribution in [2.75, 3.05) is 37.6 Å². The van der Waals surface area contributed by atoms with Gasteiger partial charge in [-0.05, 0) is 43.3 Å². The summed E-state index contributed by atoms with van der Waals surface area (Å²) in [5, 5.41) is 2.99. The van der Waals surface area contributed by atoms with Gasteiger partial charge in [-0.3, -0.25) is 4.79 Å². The molecule has 128 valence electrons. The number of carbonyl (C=O) groups excluding carboxylic acids is 1. The Morgan fingerprint density at radius 3 is 2.71 bits per heavy atom. The molecule has 1 aliphatic rings. The summed E-state index contributed by atoms with van der Waals surface area (Å²) < 4.78 is 0. The minimum atomic E-state index is -0.0111. The number of anilines is 1. The van der Waals surface area contributed by atoms with Gasteiger partial charge < -0.3 is 15.1 Å². The van der Waals surface area contributed by atoms with E-state index >= 15 is 0 Å². The smallest absolute Gasteiger partial charge is 0.261 e. The summed E-state index contributed by atoms with van der Waals surface area (Å²) in [6, 6.07) is 7.90. The highest BCUT2D eigenvalue weighted by atomic mass is 32.1. The van der Waals surface area contributed by atoms with Crippen molar-refractivity contribution in [3.63, 3.8) is 0 Å². The van der Waals surface area contributed by atoms with Gasteiger partial charge in [-0.1, -0.05) is 6.92 Å². The van der Waals surface area contributed by atoms with Gasteiger partial charge in [0.15, 0.2) is 0 Å². The Kier molecular flexibility index (Phi) is 5.48. The van der Waals surface area contributed by atoms with Crippen LogP contribution in [-0.4, -0.2) is 48.5 Å². The molecule has 3 heterocycles. The van der Waals surface area contributed by atoms with E-state index < -0.39 is 0 Å². The molecule has 0 unspecified atom stereocenters. The number of carbonyl (C=O) groups is 1. The van der Waals surface area contributed by atoms with Crippen molar-refractivity contribution in [3.05, 3.63) is 45.8 Å². The van der Waals surface area contributed by atoms with E-state index in [2.05, 4.69) is 33.1 Å². The molecule has 0 saturated carbocycles. The Morgan fingerprint density at radius 2 is 2.04 bits per heavy atom. The zero-order chi connectivity index (χ0) is 16.9. The molecule has 2 aromatic rings. The quantitative estimate of drug-likeness (QED) is 0.905. The van der Waals surface area contributed by atoms with E-state index in [-0.39, 0.29) is 5.91 Å². The zero-order valence-corrected chi connectivity index (χ0v) is 15.1. The second-order valence-electron chi connectivity index (χ2n) is 6.04. The largest absolute Gasteiger partial charge is 0.354 e. The number of rotatable bonds is 5. The normalized spacial score (nSPS) is 15.5. The molecular weight excluding hydrogens is 320 g/mol. The van der Waals surface area contributed by atoms with Gasteiger partial charge in [0.1, 0.15) is 5.82 Å². The summed E-state index contributed by atoms with van der Waals surface area (Å²) in [5.41, 5.74) is 1.08. The van der Waals surface area contributed by atoms with E-state index in [9.17, 15) is 4.79 Å². The van der Waals surface area contributed by atoms with Crippen LogP contribution in [0.4, 0.5) is 5.82 Å². The van der Waals surface area contributed by atoms with E-state index in [4.69, 9.17) is 0 Å². The van der Waals surface area contributed by atoms with E-state index in [1.54, 1.807) is 0 Å². The average molecular weight is 344 g/mol. The van der Waals surface area contributed by atoms with Gasteiger partial charge in [-0.15, -0.1) is 11.3 Å². The lowest BCUT2D eigenvalue weighted by molar-refractivity contribution is 0.0955. The number of thiophene rings is 1. The van der Waals surface area contributed by atoms with Gasteiger partial charge >= 0.3 is 0 Å². The SMILES string of the molecule is CCN1CCN(c2cc(CNC(=O)c3ccc(C)s3)ccn2)CC1. The fourth-order valence-electron chi connectivity index (χ4n) is 2.86. The van der Waals surface area contributed by atoms with Crippen LogP contribution >= 0.6 is 11.3 Å². The maximum Gasteiger partial charge on any atom is 0.261 e. The van der Waals surface area contributed by atoms with Gasteiger partial charge in [0.2, 0.25) is 0 Å². The molecule has 0 radical (unpaired) electrons. The molecular formula is C18H24N4OS. The van der Waals surface area contributed by atoms with E-state index in [0.29, 0.717) is 6.54 Å². The number of pyridine rings is 1. The van der Waals surface area contributed by atoms with Crippen molar-refractivity contribution in [3.8, 4) is 0 Å². The number of hydrogen-bond donors (Lipinski definition) is 1. The predicted octanol–water partition coefficient (Wildman–Crippen LogP) is 2.52. The number of nitrogens with zero attached hydrogens (tertiary/aromatic N) is 3. The number of hydrogen-bond acceptors (Lipinski definition) is 5. The first kappa shape index (κ1) is 16.9. The highest BCUT2D eigenvalue weighted by Gasteiger charge is 2.17. The Balaban J connectivity index is 1.58. The monoisotopic (exact) mass is 344 g/mol. The zero-order valence-electron chi connectivity index (χ0n) is 14.3. The molecule has 1 aliphatic heterocycles. The number of piperazine rings is 1. The van der Waals surface area contributed by atoms with Crippen molar-refractivity contribution >= 4 is 23.1 Å². The average Bonchev–Trinajstić information content (AvgIpc) is 3.06. The van der Waals surface area contributed by atoms with Crippen molar-refractivity contribution in [2.45, 2.75) is 20.4 Å². The fourth-order valence-corrected chi connectivity index (χ4v) is 3.65. The molecule has 0 bridgehead atoms. The maximum atomic E-state index is 12.2. The first-order valence-corrected chi connectivity index (χ1v) is 9.24. The lowest BCUT2D eigenvalue weighted by Gasteiger charge is -2.34. The number of nitrogens with one attached hydrogen (secondary N) is 1. The summed E-state index contributed by atoms with van der Waals surface area (Å²) in [5.74, 6) is 0.993. The van der Waals surface area contributed by atoms with Gasteiger partial charge in [0.25, 0.3) is 5.91 Å². The summed E-state index contributed by atoms with van der Waals surface area (Å²) in [7, 11) is 0. The molecule has 1 amide bonds. The molecule has 5 nitrogen and oxygen atoms in total. The van der Waals surface area contributed by atoms with Crippen molar-refractivity contribution < 1.29 is 4.79 Å². The fraction of sp³-hybridized carbons (Fsp3) is 0.444. The lowest BCUT2D eigenvalue weighted by Crippen LogP contribution is -2.46. The van der Waals surface area contributed by atoms with Crippen molar-refractivity contribution in [1.82, 2.24) is 15.2 Å². The number of likely N-dealkylation sites (N-methyl/N-ethyl adjacent to an activating group) is 1. The summed E-state index contributed by atoms with van der Waals surface area (Å²) in [4.78, 5) is 23.3. The van der Waals surface area contributed by atoms with Crippen LogP contribution in [0.3, 0.4) is 0 Å². The van der Waals surface area contributed by atoms with Gasteiger partial charge in [0.05, 0.1) is 4.88 Å². The molecule has 0 aliphatic carbocycles. The van der Waals surface area contributed by atoms with Crippen LogP contribution in [0, 0.1) is 6.92 Å². The van der Waals surface area contributed by atoms with Crippen molar-refractivity contribution in [1.29, 1.82) is 0 Å². The molecule has 1 N–H and O–H groups in total. The van der Waals surface area contributed by atoms with Crippen LogP contribution in [0.15, 0.2) is 30.5 Å². The minimum absolute atomic E-state index is 0.0111. The Morgan fingerprint density at radius 1 is 1.25 bits per heavy atom. The summed E-state index contributed by atoms with van der Waals surface area (Å²) in [6.45, 7) is 10.0. The molecule has 24 heavy (non-hydrogen) atoms. The number of aryl methyl sites for hydroxylation is 1. The lowest BCUT2D eigenvalue weighted by atomic mass is 10.2. The molecule has 2 aromatic heterocycles. The molecule has 0 atom stereocenters. The topological polar surface area (TPSA) is 48.5 Å². The van der Waals surface area contributed by atoms with E-state index in [1.165, 1.54) is 11.3 Å². The first-order chi connectivity index (χ1) is 11.7. The van der Waals surface area contributed by atoms with Gasteiger partial charge in [0, 0.05) is 43.8 Å². The minimum Gasteiger partial charge on any atom is -0.354 e. The Bertz CT molecular complexity index is 692. The predicted molar refractivity (Wildman–Crippen MR) is 98.8 cm³/mol. The van der Waals surface area contributed by atoms with Crippen LogP contribution in [0.2, 0.25) is 0 Å². The summed E-state index contributed by atoms with van der Waals surface area (Å²) in [6.07, 6.45) is 1.83. The third-order valence-corrected chi connectivity index (χ3v) is 5.37. The molecule has 0 spiro atoms. The van der Waals surface area contributed by atoms with Crippen LogP contribution in [0.25, 0.3) is 0 Å². The third kappa shape index (κ3) is 4.13. The van der Waals surface area contributed by atoms with E-state index in [1.807, 2.05) is 31.3 Å². The second kappa shape index (κ2) is 7.77. The first-order valence-electron chi connectivity index (χ1n) is 8.42. The van der Waals surface area contributed by atoms with Crippen LogP contribution in [0.5, 0.6) is 0 Å². The van der Waals surface area contributed by atoms with Crippen LogP contribution in [-0.2, 0) is 6.54 Å². The molecule has 1 fully saturated rings. The Labute approximate surface area is 147 Å². The number of aromatic nitrogens is 1. The molecule has 3 rings (SSSR count). The molecule has 0 aromatic carbocycles. The maximum absolute atomic E-state index is 12.2. The van der Waals surface area contributed by atoms with Crippen LogP contribution in [0.1, 0.15) is 27.0 Å². The highest BCUT2D eigenvalue weighted by Crippen LogP contribution is 2.17. The highest BCUT2D eigenvalue weighted by molar-refractivity contribution is 7.13. The third-order valence-electron chi connectivity index (χ3n) is 4.37. The second-order valence-corrected chi connectivity index (χ2v) is 7.32. The van der Waals surface area contributed by atoms with Gasteiger partial charge in [-0.25, -0.2) is 4.98 Å². The summed E-state index contributed by atoms with van der Waals surface area (Å²) >= 11 is 1.52. The van der Waals surface area contributed by atoms with Crippen LogP contribution < -0.4 is 10.2 Å². The molecule has 1 saturated heterocycles. The Hall–Kier alpha value is -1.92. The molecule has 6 heteroatoms. The number of amides is 1. The standard InChI is InChI=1S/C18H24N4OS/c1-3-21-8-10-22(11-9-21)17-12-15(6-7-19-17)13-20-18(23)16-5-4-14(2)24-16/h4-7,12H,3,8-11,13H2,1-2H3,(H,20,23). The van der Waals surface area contributed by atoms with Gasteiger partial charge in [-0.2, -0.15) is 0 Å².